The van der Waals surface area contributed by atoms with Crippen LogP contribution in [-0.4, -0.2) is 39.9 Å². The minimum absolute atomic E-state index is 0.100. The van der Waals surface area contributed by atoms with E-state index < -0.39 is 0 Å². The van der Waals surface area contributed by atoms with Crippen LogP contribution < -0.4 is 5.43 Å². The normalized spacial score (nSPS) is 14.4. The van der Waals surface area contributed by atoms with Gasteiger partial charge in [0.2, 0.25) is 5.91 Å². The molecule has 1 aliphatic rings. The molecule has 132 valence electrons. The van der Waals surface area contributed by atoms with E-state index in [1.807, 2.05) is 31.2 Å². The molecule has 1 N–H and O–H groups in total. The Morgan fingerprint density at radius 1 is 1.28 bits per heavy atom. The van der Waals surface area contributed by atoms with Crippen LogP contribution in [0, 0.1) is 6.92 Å². The lowest BCUT2D eigenvalue weighted by molar-refractivity contribution is -0.124. The van der Waals surface area contributed by atoms with Crippen LogP contribution in [0.25, 0.3) is 10.9 Å². The van der Waals surface area contributed by atoms with Gasteiger partial charge < -0.3 is 4.90 Å². The molecule has 0 saturated carbocycles. The maximum absolute atomic E-state index is 12.5. The Morgan fingerprint density at radius 3 is 2.88 bits per heavy atom. The van der Waals surface area contributed by atoms with Crippen molar-refractivity contribution < 1.29 is 9.59 Å². The van der Waals surface area contributed by atoms with Crippen molar-refractivity contribution in [3.63, 3.8) is 0 Å². The number of hydrazine groups is 1. The standard InChI is InChI=1S/C19H24N4O2/c1-3-4-9-18(24)21-23-11-10-22(19(23)25)13-15-12-14(2)16-7-5-6-8-17(16)20-15/h5-8,12H,3-4,9-11,13H2,1-2H3,(H,21,24). The van der Waals surface area contributed by atoms with Gasteiger partial charge in [0, 0.05) is 18.4 Å². The van der Waals surface area contributed by atoms with Crippen LogP contribution in [0.2, 0.25) is 0 Å². The van der Waals surface area contributed by atoms with Gasteiger partial charge in [-0.2, -0.15) is 0 Å². The summed E-state index contributed by atoms with van der Waals surface area (Å²) in [5, 5.41) is 2.54. The van der Waals surface area contributed by atoms with Gasteiger partial charge in [-0.1, -0.05) is 31.5 Å². The average molecular weight is 340 g/mol. The van der Waals surface area contributed by atoms with Crippen LogP contribution in [0.3, 0.4) is 0 Å². The summed E-state index contributed by atoms with van der Waals surface area (Å²) in [7, 11) is 0. The molecule has 1 saturated heterocycles. The van der Waals surface area contributed by atoms with E-state index in [2.05, 4.69) is 23.4 Å². The number of carbonyl (C=O) groups is 2. The third-order valence-electron chi connectivity index (χ3n) is 4.44. The Labute approximate surface area is 147 Å². The Morgan fingerprint density at radius 2 is 2.08 bits per heavy atom. The largest absolute Gasteiger partial charge is 0.339 e. The third kappa shape index (κ3) is 3.90. The number of aromatic nitrogens is 1. The molecule has 2 heterocycles. The van der Waals surface area contributed by atoms with Crippen LogP contribution in [0.15, 0.2) is 30.3 Å². The van der Waals surface area contributed by atoms with E-state index in [9.17, 15) is 9.59 Å². The van der Waals surface area contributed by atoms with Crippen molar-refractivity contribution in [1.29, 1.82) is 0 Å². The predicted molar refractivity (Wildman–Crippen MR) is 96.7 cm³/mol. The van der Waals surface area contributed by atoms with Crippen molar-refractivity contribution in [2.75, 3.05) is 13.1 Å². The number of carbonyl (C=O) groups excluding carboxylic acids is 2. The topological polar surface area (TPSA) is 65.5 Å². The fraction of sp³-hybridized carbons (Fsp3) is 0.421. The summed E-state index contributed by atoms with van der Waals surface area (Å²) in [6.07, 6.45) is 2.24. The number of pyridine rings is 1. The van der Waals surface area contributed by atoms with Gasteiger partial charge in [0.05, 0.1) is 24.3 Å². The second kappa shape index (κ2) is 7.51. The summed E-state index contributed by atoms with van der Waals surface area (Å²) >= 11 is 0. The number of fused-ring (bicyclic) bond motifs is 1. The number of hydrogen-bond acceptors (Lipinski definition) is 3. The molecule has 0 spiro atoms. The van der Waals surface area contributed by atoms with E-state index in [1.54, 1.807) is 4.90 Å². The highest BCUT2D eigenvalue weighted by Crippen LogP contribution is 2.19. The molecule has 1 aliphatic heterocycles. The minimum Gasteiger partial charge on any atom is -0.315 e. The van der Waals surface area contributed by atoms with Crippen molar-refractivity contribution in [2.45, 2.75) is 39.7 Å². The zero-order chi connectivity index (χ0) is 17.8. The zero-order valence-corrected chi connectivity index (χ0v) is 14.8. The molecule has 3 amide bonds. The number of rotatable bonds is 6. The summed E-state index contributed by atoms with van der Waals surface area (Å²) < 4.78 is 0. The molecule has 0 aliphatic carbocycles. The lowest BCUT2D eigenvalue weighted by atomic mass is 10.1. The number of nitrogens with one attached hydrogen (secondary N) is 1. The van der Waals surface area contributed by atoms with Gasteiger partial charge in [0.1, 0.15) is 0 Å². The van der Waals surface area contributed by atoms with E-state index in [0.29, 0.717) is 26.1 Å². The highest BCUT2D eigenvalue weighted by Gasteiger charge is 2.29. The summed E-state index contributed by atoms with van der Waals surface area (Å²) in [6, 6.07) is 9.86. The summed E-state index contributed by atoms with van der Waals surface area (Å²) in [6.45, 7) is 5.63. The van der Waals surface area contributed by atoms with Crippen LogP contribution in [0.5, 0.6) is 0 Å². The zero-order valence-electron chi connectivity index (χ0n) is 14.8. The molecular weight excluding hydrogens is 316 g/mol. The van der Waals surface area contributed by atoms with Crippen molar-refractivity contribution in [2.24, 2.45) is 0 Å². The first-order valence-corrected chi connectivity index (χ1v) is 8.79. The van der Waals surface area contributed by atoms with Gasteiger partial charge in [-0.3, -0.25) is 15.2 Å². The number of para-hydroxylation sites is 1. The van der Waals surface area contributed by atoms with E-state index in [4.69, 9.17) is 0 Å². The molecule has 1 aromatic heterocycles. The molecule has 1 aromatic carbocycles. The minimum atomic E-state index is -0.169. The SMILES string of the molecule is CCCCC(=O)NN1CCN(Cc2cc(C)c3ccccc3n2)C1=O. The third-order valence-corrected chi connectivity index (χ3v) is 4.44. The Bertz CT molecular complexity index is 790. The molecule has 0 radical (unpaired) electrons. The van der Waals surface area contributed by atoms with Crippen LogP contribution in [-0.2, 0) is 11.3 Å². The lowest BCUT2D eigenvalue weighted by Crippen LogP contribution is -2.44. The van der Waals surface area contributed by atoms with Gasteiger partial charge >= 0.3 is 6.03 Å². The summed E-state index contributed by atoms with van der Waals surface area (Å²) in [5.74, 6) is -0.100. The van der Waals surface area contributed by atoms with Crippen LogP contribution in [0.4, 0.5) is 4.79 Å². The Kier molecular flexibility index (Phi) is 5.16. The van der Waals surface area contributed by atoms with Gasteiger partial charge in [-0.15, -0.1) is 0 Å². The van der Waals surface area contributed by atoms with Crippen molar-refractivity contribution in [3.8, 4) is 0 Å². The van der Waals surface area contributed by atoms with E-state index in [-0.39, 0.29) is 11.9 Å². The number of benzene rings is 1. The van der Waals surface area contributed by atoms with Gasteiger partial charge in [0.25, 0.3) is 0 Å². The first-order chi connectivity index (χ1) is 12.1. The second-order valence-electron chi connectivity index (χ2n) is 6.44. The van der Waals surface area contributed by atoms with Gasteiger partial charge in [-0.05, 0) is 31.0 Å². The molecule has 0 bridgehead atoms. The first kappa shape index (κ1) is 17.2. The average Bonchev–Trinajstić information content (AvgIpc) is 2.93. The Hall–Kier alpha value is -2.63. The smallest absolute Gasteiger partial charge is 0.315 e. The van der Waals surface area contributed by atoms with Gasteiger partial charge in [-0.25, -0.2) is 9.80 Å². The maximum atomic E-state index is 12.5. The highest BCUT2D eigenvalue weighted by atomic mass is 16.2. The van der Waals surface area contributed by atoms with Crippen LogP contribution in [0.1, 0.15) is 37.4 Å². The molecule has 1 fully saturated rings. The predicted octanol–water partition coefficient (Wildman–Crippen LogP) is 3.00. The molecule has 0 atom stereocenters. The van der Waals surface area contributed by atoms with Gasteiger partial charge in [0.15, 0.2) is 0 Å². The molecule has 6 nitrogen and oxygen atoms in total. The van der Waals surface area contributed by atoms with E-state index >= 15 is 0 Å². The monoisotopic (exact) mass is 340 g/mol. The van der Waals surface area contributed by atoms with Crippen molar-refractivity contribution in [3.05, 3.63) is 41.6 Å². The fourth-order valence-electron chi connectivity index (χ4n) is 3.07. The molecule has 2 aromatic rings. The molecule has 25 heavy (non-hydrogen) atoms. The van der Waals surface area contributed by atoms with Crippen molar-refractivity contribution >= 4 is 22.8 Å². The van der Waals surface area contributed by atoms with Crippen LogP contribution >= 0.6 is 0 Å². The highest BCUT2D eigenvalue weighted by molar-refractivity contribution is 5.83. The van der Waals surface area contributed by atoms with E-state index in [1.165, 1.54) is 5.01 Å². The molecular formula is C19H24N4O2. The number of nitrogens with zero attached hydrogens (tertiary/aromatic N) is 3. The summed E-state index contributed by atoms with van der Waals surface area (Å²) in [5.41, 5.74) is 5.66. The van der Waals surface area contributed by atoms with E-state index in [0.717, 1.165) is 35.0 Å². The molecule has 6 heteroatoms. The van der Waals surface area contributed by atoms with Crippen molar-refractivity contribution in [1.82, 2.24) is 20.3 Å². The summed E-state index contributed by atoms with van der Waals surface area (Å²) in [4.78, 5) is 30.7. The first-order valence-electron chi connectivity index (χ1n) is 8.79. The number of amides is 3. The Balaban J connectivity index is 1.66. The lowest BCUT2D eigenvalue weighted by Gasteiger charge is -2.19. The molecule has 3 rings (SSSR count). The number of urea groups is 1. The number of hydrogen-bond donors (Lipinski definition) is 1. The quantitative estimate of drug-likeness (QED) is 0.879. The number of aryl methyl sites for hydroxylation is 1. The maximum Gasteiger partial charge on any atom is 0.339 e. The molecule has 0 unspecified atom stereocenters. The number of unbranched alkanes of at least 4 members (excludes halogenated alkanes) is 1. The fourth-order valence-corrected chi connectivity index (χ4v) is 3.07. The second-order valence-corrected chi connectivity index (χ2v) is 6.44.